The number of fused-ring (bicyclic) bond motifs is 1. The predicted molar refractivity (Wildman–Crippen MR) is 85.3 cm³/mol. The lowest BCUT2D eigenvalue weighted by Gasteiger charge is -2.32. The van der Waals surface area contributed by atoms with Gasteiger partial charge in [-0.05, 0) is 42.6 Å². The number of aryl methyl sites for hydroxylation is 1. The van der Waals surface area contributed by atoms with Gasteiger partial charge in [0.15, 0.2) is 0 Å². The van der Waals surface area contributed by atoms with Crippen molar-refractivity contribution in [3.8, 4) is 0 Å². The van der Waals surface area contributed by atoms with E-state index in [4.69, 9.17) is 0 Å². The van der Waals surface area contributed by atoms with Crippen LogP contribution in [-0.2, 0) is 13.0 Å². The minimum atomic E-state index is 1.10. The van der Waals surface area contributed by atoms with Crippen LogP contribution in [0.25, 0.3) is 10.9 Å². The summed E-state index contributed by atoms with van der Waals surface area (Å²) in [6.07, 6.45) is 3.35. The van der Waals surface area contributed by atoms with Crippen molar-refractivity contribution in [3.05, 3.63) is 36.0 Å². The van der Waals surface area contributed by atoms with E-state index in [1.165, 1.54) is 42.6 Å². The van der Waals surface area contributed by atoms with E-state index in [1.807, 2.05) is 0 Å². The van der Waals surface area contributed by atoms with Gasteiger partial charge in [0.1, 0.15) is 0 Å². The van der Waals surface area contributed by atoms with E-state index in [9.17, 15) is 0 Å². The van der Waals surface area contributed by atoms with Gasteiger partial charge in [-0.15, -0.1) is 0 Å². The SMILES string of the molecule is CCc1ccc2c(ccn2CCN2CCN(C)CC2)c1. The lowest BCUT2D eigenvalue weighted by molar-refractivity contribution is 0.150. The first kappa shape index (κ1) is 13.7. The van der Waals surface area contributed by atoms with Crippen LogP contribution in [0.5, 0.6) is 0 Å². The monoisotopic (exact) mass is 271 g/mol. The fraction of sp³-hybridized carbons (Fsp3) is 0.529. The highest BCUT2D eigenvalue weighted by Gasteiger charge is 2.13. The van der Waals surface area contributed by atoms with Gasteiger partial charge in [0, 0.05) is 51.0 Å². The van der Waals surface area contributed by atoms with Gasteiger partial charge in [-0.25, -0.2) is 0 Å². The third-order valence-electron chi connectivity index (χ3n) is 4.50. The van der Waals surface area contributed by atoms with Crippen molar-refractivity contribution in [1.82, 2.24) is 14.4 Å². The van der Waals surface area contributed by atoms with Crippen molar-refractivity contribution in [1.29, 1.82) is 0 Å². The molecular formula is C17H25N3. The highest BCUT2D eigenvalue weighted by molar-refractivity contribution is 5.80. The van der Waals surface area contributed by atoms with E-state index >= 15 is 0 Å². The molecule has 2 heterocycles. The number of piperazine rings is 1. The zero-order valence-electron chi connectivity index (χ0n) is 12.7. The number of rotatable bonds is 4. The van der Waals surface area contributed by atoms with Crippen molar-refractivity contribution >= 4 is 10.9 Å². The summed E-state index contributed by atoms with van der Waals surface area (Å²) >= 11 is 0. The average Bonchev–Trinajstić information content (AvgIpc) is 2.89. The van der Waals surface area contributed by atoms with Crippen LogP contribution in [-0.4, -0.2) is 54.1 Å². The Labute approximate surface area is 121 Å². The normalized spacial score (nSPS) is 17.9. The Morgan fingerprint density at radius 1 is 1.00 bits per heavy atom. The maximum absolute atomic E-state index is 2.58. The summed E-state index contributed by atoms with van der Waals surface area (Å²) in [5.74, 6) is 0. The number of likely N-dealkylation sites (N-methyl/N-ethyl adjacent to an activating group) is 1. The molecule has 0 atom stereocenters. The Kier molecular flexibility index (Phi) is 4.08. The van der Waals surface area contributed by atoms with E-state index in [-0.39, 0.29) is 0 Å². The Bertz CT molecular complexity index is 565. The van der Waals surface area contributed by atoms with Gasteiger partial charge in [0.05, 0.1) is 0 Å². The highest BCUT2D eigenvalue weighted by Crippen LogP contribution is 2.18. The zero-order valence-corrected chi connectivity index (χ0v) is 12.7. The molecule has 20 heavy (non-hydrogen) atoms. The molecule has 1 aromatic heterocycles. The van der Waals surface area contributed by atoms with Crippen LogP contribution in [0.15, 0.2) is 30.5 Å². The lowest BCUT2D eigenvalue weighted by atomic mass is 10.1. The van der Waals surface area contributed by atoms with Crippen molar-refractivity contribution in [2.45, 2.75) is 19.9 Å². The minimum absolute atomic E-state index is 1.10. The van der Waals surface area contributed by atoms with E-state index in [0.29, 0.717) is 0 Å². The number of hydrogen-bond donors (Lipinski definition) is 0. The second-order valence-corrected chi connectivity index (χ2v) is 5.90. The largest absolute Gasteiger partial charge is 0.346 e. The Morgan fingerprint density at radius 3 is 2.55 bits per heavy atom. The van der Waals surface area contributed by atoms with E-state index < -0.39 is 0 Å². The fourth-order valence-electron chi connectivity index (χ4n) is 2.99. The van der Waals surface area contributed by atoms with Gasteiger partial charge in [-0.2, -0.15) is 0 Å². The molecule has 1 fully saturated rings. The summed E-state index contributed by atoms with van der Waals surface area (Å²) in [5.41, 5.74) is 2.80. The van der Waals surface area contributed by atoms with Gasteiger partial charge >= 0.3 is 0 Å². The van der Waals surface area contributed by atoms with Crippen molar-refractivity contribution in [2.24, 2.45) is 0 Å². The molecule has 1 aromatic carbocycles. The number of nitrogens with zero attached hydrogens (tertiary/aromatic N) is 3. The third kappa shape index (κ3) is 2.89. The topological polar surface area (TPSA) is 11.4 Å². The minimum Gasteiger partial charge on any atom is -0.346 e. The molecule has 3 heteroatoms. The maximum Gasteiger partial charge on any atom is 0.0480 e. The summed E-state index contributed by atoms with van der Waals surface area (Å²) in [4.78, 5) is 4.99. The molecule has 0 saturated carbocycles. The van der Waals surface area contributed by atoms with Crippen LogP contribution in [0.2, 0.25) is 0 Å². The van der Waals surface area contributed by atoms with Crippen molar-refractivity contribution in [2.75, 3.05) is 39.8 Å². The molecule has 1 saturated heterocycles. The molecule has 1 aliphatic heterocycles. The summed E-state index contributed by atoms with van der Waals surface area (Å²) in [6.45, 7) is 9.28. The highest BCUT2D eigenvalue weighted by atomic mass is 15.2. The molecule has 0 radical (unpaired) electrons. The summed E-state index contributed by atoms with van der Waals surface area (Å²) < 4.78 is 2.40. The molecule has 1 aliphatic rings. The Hall–Kier alpha value is -1.32. The first-order valence-electron chi connectivity index (χ1n) is 7.75. The lowest BCUT2D eigenvalue weighted by Crippen LogP contribution is -2.45. The molecule has 0 aliphatic carbocycles. The van der Waals surface area contributed by atoms with Gasteiger partial charge in [-0.3, -0.25) is 4.90 Å². The van der Waals surface area contributed by atoms with E-state index in [0.717, 1.165) is 19.5 Å². The van der Waals surface area contributed by atoms with Gasteiger partial charge in [0.25, 0.3) is 0 Å². The van der Waals surface area contributed by atoms with Crippen LogP contribution in [0.3, 0.4) is 0 Å². The molecule has 3 nitrogen and oxygen atoms in total. The zero-order chi connectivity index (χ0) is 13.9. The molecule has 3 rings (SSSR count). The maximum atomic E-state index is 2.58. The second-order valence-electron chi connectivity index (χ2n) is 5.90. The van der Waals surface area contributed by atoms with Gasteiger partial charge in [-0.1, -0.05) is 13.0 Å². The molecular weight excluding hydrogens is 246 g/mol. The standard InChI is InChI=1S/C17H25N3/c1-3-15-4-5-17-16(14-15)6-7-20(17)13-12-19-10-8-18(2)9-11-19/h4-7,14H,3,8-13H2,1-2H3. The van der Waals surface area contributed by atoms with E-state index in [1.54, 1.807) is 0 Å². The summed E-state index contributed by atoms with van der Waals surface area (Å²) in [7, 11) is 2.21. The summed E-state index contributed by atoms with van der Waals surface area (Å²) in [6, 6.07) is 9.10. The Morgan fingerprint density at radius 2 is 1.80 bits per heavy atom. The fourth-order valence-corrected chi connectivity index (χ4v) is 2.99. The van der Waals surface area contributed by atoms with Gasteiger partial charge in [0.2, 0.25) is 0 Å². The van der Waals surface area contributed by atoms with Crippen LogP contribution in [0.1, 0.15) is 12.5 Å². The predicted octanol–water partition coefficient (Wildman–Crippen LogP) is 2.45. The van der Waals surface area contributed by atoms with Crippen molar-refractivity contribution < 1.29 is 0 Å². The molecule has 0 bridgehead atoms. The van der Waals surface area contributed by atoms with Crippen LogP contribution < -0.4 is 0 Å². The Balaban J connectivity index is 1.65. The number of benzene rings is 1. The van der Waals surface area contributed by atoms with Gasteiger partial charge < -0.3 is 9.47 Å². The third-order valence-corrected chi connectivity index (χ3v) is 4.50. The first-order valence-corrected chi connectivity index (χ1v) is 7.75. The number of aromatic nitrogens is 1. The molecule has 108 valence electrons. The molecule has 0 amide bonds. The second kappa shape index (κ2) is 5.98. The average molecular weight is 271 g/mol. The van der Waals surface area contributed by atoms with Crippen LogP contribution in [0, 0.1) is 0 Å². The first-order chi connectivity index (χ1) is 9.76. The molecule has 2 aromatic rings. The van der Waals surface area contributed by atoms with Crippen molar-refractivity contribution in [3.63, 3.8) is 0 Å². The van der Waals surface area contributed by atoms with Crippen LogP contribution in [0.4, 0.5) is 0 Å². The molecule has 0 spiro atoms. The molecule has 0 unspecified atom stereocenters. The molecule has 0 N–H and O–H groups in total. The van der Waals surface area contributed by atoms with Crippen LogP contribution >= 0.6 is 0 Å². The summed E-state index contributed by atoms with van der Waals surface area (Å²) in [5, 5.41) is 1.38. The van der Waals surface area contributed by atoms with E-state index in [2.05, 4.69) is 58.8 Å². The number of hydrogen-bond acceptors (Lipinski definition) is 2. The quantitative estimate of drug-likeness (QED) is 0.846. The smallest absolute Gasteiger partial charge is 0.0480 e.